The topological polar surface area (TPSA) is 35.5 Å². The van der Waals surface area contributed by atoms with Crippen molar-refractivity contribution in [2.75, 3.05) is 13.2 Å². The van der Waals surface area contributed by atoms with E-state index < -0.39 is 13.4 Å². The van der Waals surface area contributed by atoms with Gasteiger partial charge in [-0.3, -0.25) is 4.57 Å². The van der Waals surface area contributed by atoms with Gasteiger partial charge in [0.05, 0.1) is 19.4 Å². The second-order valence-electron chi connectivity index (χ2n) is 3.34. The highest BCUT2D eigenvalue weighted by molar-refractivity contribution is 9.10. The molecule has 0 spiro atoms. The Labute approximate surface area is 109 Å². The molecule has 1 aromatic carbocycles. The molecule has 0 bridgehead atoms. The Morgan fingerprint density at radius 3 is 2.41 bits per heavy atom. The Morgan fingerprint density at radius 1 is 1.29 bits per heavy atom. The summed E-state index contributed by atoms with van der Waals surface area (Å²) in [6.07, 6.45) is -0.0556. The predicted molar refractivity (Wildman–Crippen MR) is 68.7 cm³/mol. The maximum atomic E-state index is 13.5. The molecule has 0 saturated carbocycles. The molecular weight excluding hydrogens is 310 g/mol. The zero-order chi connectivity index (χ0) is 12.9. The maximum absolute atomic E-state index is 13.5. The molecule has 0 heterocycles. The summed E-state index contributed by atoms with van der Waals surface area (Å²) in [4.78, 5) is 0. The van der Waals surface area contributed by atoms with Gasteiger partial charge in [-0.15, -0.1) is 0 Å². The standard InChI is InChI=1S/C11H15BrFO3P/c1-3-15-17(14,16-4-2)8-9-7-10(12)5-6-11(9)13/h5-7H,3-4,8H2,1-2H3. The molecule has 0 aliphatic carbocycles. The van der Waals surface area contributed by atoms with Gasteiger partial charge < -0.3 is 9.05 Å². The van der Waals surface area contributed by atoms with E-state index in [0.29, 0.717) is 5.56 Å². The Kier molecular flexibility index (Phi) is 5.80. The fourth-order valence-electron chi connectivity index (χ4n) is 1.40. The molecule has 1 rings (SSSR count). The molecule has 0 fully saturated rings. The Balaban J connectivity index is 2.93. The van der Waals surface area contributed by atoms with Crippen LogP contribution in [0.4, 0.5) is 4.39 Å². The van der Waals surface area contributed by atoms with Crippen LogP contribution >= 0.6 is 23.5 Å². The maximum Gasteiger partial charge on any atom is 0.335 e. The first-order valence-electron chi connectivity index (χ1n) is 5.33. The zero-order valence-electron chi connectivity index (χ0n) is 9.78. The van der Waals surface area contributed by atoms with Crippen LogP contribution in [-0.4, -0.2) is 13.2 Å². The molecule has 0 aliphatic heterocycles. The van der Waals surface area contributed by atoms with Crippen LogP contribution in [0.15, 0.2) is 22.7 Å². The molecular formula is C11H15BrFO3P. The van der Waals surface area contributed by atoms with Gasteiger partial charge in [0.15, 0.2) is 0 Å². The van der Waals surface area contributed by atoms with E-state index in [1.807, 2.05) is 0 Å². The molecule has 0 saturated heterocycles. The third-order valence-electron chi connectivity index (χ3n) is 2.02. The highest BCUT2D eigenvalue weighted by Crippen LogP contribution is 2.51. The number of hydrogen-bond acceptors (Lipinski definition) is 3. The van der Waals surface area contributed by atoms with E-state index in [2.05, 4.69) is 15.9 Å². The predicted octanol–water partition coefficient (Wildman–Crippen LogP) is 4.35. The largest absolute Gasteiger partial charge is 0.335 e. The molecule has 6 heteroatoms. The van der Waals surface area contributed by atoms with E-state index in [-0.39, 0.29) is 19.4 Å². The lowest BCUT2D eigenvalue weighted by Gasteiger charge is -2.17. The minimum Gasteiger partial charge on any atom is -0.309 e. The van der Waals surface area contributed by atoms with E-state index in [0.717, 1.165) is 4.47 Å². The lowest BCUT2D eigenvalue weighted by molar-refractivity contribution is 0.219. The van der Waals surface area contributed by atoms with Gasteiger partial charge >= 0.3 is 7.60 Å². The van der Waals surface area contributed by atoms with Crippen LogP contribution in [-0.2, 0) is 19.8 Å². The van der Waals surface area contributed by atoms with Gasteiger partial charge in [0.25, 0.3) is 0 Å². The SMILES string of the molecule is CCOP(=O)(Cc1cc(Br)ccc1F)OCC. The van der Waals surface area contributed by atoms with Crippen LogP contribution in [0.1, 0.15) is 19.4 Å². The third kappa shape index (κ3) is 4.51. The molecule has 3 nitrogen and oxygen atoms in total. The summed E-state index contributed by atoms with van der Waals surface area (Å²) < 4.78 is 36.7. The number of hydrogen-bond donors (Lipinski definition) is 0. The minimum absolute atomic E-state index is 0.0556. The summed E-state index contributed by atoms with van der Waals surface area (Å²) in [5, 5.41) is 0. The first-order valence-corrected chi connectivity index (χ1v) is 7.85. The van der Waals surface area contributed by atoms with Gasteiger partial charge in [0.2, 0.25) is 0 Å². The average Bonchev–Trinajstić information content (AvgIpc) is 2.24. The number of rotatable bonds is 6. The molecule has 0 atom stereocenters. The van der Waals surface area contributed by atoms with Crippen LogP contribution < -0.4 is 0 Å². The molecule has 0 aliphatic rings. The van der Waals surface area contributed by atoms with Crippen molar-refractivity contribution >= 4 is 23.5 Å². The molecule has 0 amide bonds. The third-order valence-corrected chi connectivity index (χ3v) is 4.55. The van der Waals surface area contributed by atoms with E-state index >= 15 is 0 Å². The van der Waals surface area contributed by atoms with Crippen LogP contribution in [0.3, 0.4) is 0 Å². The number of halogens is 2. The van der Waals surface area contributed by atoms with Gasteiger partial charge in [0.1, 0.15) is 5.82 Å². The minimum atomic E-state index is -3.25. The van der Waals surface area contributed by atoms with E-state index in [1.54, 1.807) is 26.0 Å². The fourth-order valence-corrected chi connectivity index (χ4v) is 3.51. The van der Waals surface area contributed by atoms with Crippen molar-refractivity contribution in [1.29, 1.82) is 0 Å². The quantitative estimate of drug-likeness (QED) is 0.729. The van der Waals surface area contributed by atoms with Crippen LogP contribution in [0.2, 0.25) is 0 Å². The fraction of sp³-hybridized carbons (Fsp3) is 0.455. The van der Waals surface area contributed by atoms with Gasteiger partial charge in [-0.05, 0) is 32.0 Å². The van der Waals surface area contributed by atoms with E-state index in [9.17, 15) is 8.96 Å². The molecule has 17 heavy (non-hydrogen) atoms. The van der Waals surface area contributed by atoms with Crippen molar-refractivity contribution in [2.45, 2.75) is 20.0 Å². The highest BCUT2D eigenvalue weighted by Gasteiger charge is 2.25. The Hall–Kier alpha value is -0.220. The summed E-state index contributed by atoms with van der Waals surface area (Å²) >= 11 is 3.24. The first-order chi connectivity index (χ1) is 8.00. The number of benzene rings is 1. The van der Waals surface area contributed by atoms with Crippen LogP contribution in [0, 0.1) is 5.82 Å². The molecule has 0 radical (unpaired) electrons. The average molecular weight is 325 g/mol. The second-order valence-corrected chi connectivity index (χ2v) is 6.31. The molecule has 0 aromatic heterocycles. The summed E-state index contributed by atoms with van der Waals surface area (Å²) in [7, 11) is -3.25. The second kappa shape index (κ2) is 6.64. The smallest absolute Gasteiger partial charge is 0.309 e. The first kappa shape index (κ1) is 14.8. The van der Waals surface area contributed by atoms with Crippen molar-refractivity contribution in [1.82, 2.24) is 0 Å². The van der Waals surface area contributed by atoms with Crippen molar-refractivity contribution < 1.29 is 18.0 Å². The summed E-state index contributed by atoms with van der Waals surface area (Å²) in [5.41, 5.74) is 0.324. The lowest BCUT2D eigenvalue weighted by Crippen LogP contribution is -2.00. The molecule has 0 unspecified atom stereocenters. The van der Waals surface area contributed by atoms with Gasteiger partial charge in [-0.2, -0.15) is 0 Å². The molecule has 0 N–H and O–H groups in total. The highest BCUT2D eigenvalue weighted by atomic mass is 79.9. The lowest BCUT2D eigenvalue weighted by atomic mass is 10.2. The van der Waals surface area contributed by atoms with Crippen LogP contribution in [0.5, 0.6) is 0 Å². The Morgan fingerprint density at radius 2 is 1.88 bits per heavy atom. The van der Waals surface area contributed by atoms with Crippen molar-refractivity contribution in [2.24, 2.45) is 0 Å². The normalized spacial score (nSPS) is 11.8. The monoisotopic (exact) mass is 324 g/mol. The summed E-state index contributed by atoms with van der Waals surface area (Å²) in [6, 6.07) is 4.49. The van der Waals surface area contributed by atoms with Crippen molar-refractivity contribution in [3.63, 3.8) is 0 Å². The summed E-state index contributed by atoms with van der Waals surface area (Å²) in [5.74, 6) is -0.409. The van der Waals surface area contributed by atoms with Gasteiger partial charge in [-0.25, -0.2) is 4.39 Å². The van der Waals surface area contributed by atoms with E-state index in [4.69, 9.17) is 9.05 Å². The Bertz CT molecular complexity index is 415. The van der Waals surface area contributed by atoms with Crippen molar-refractivity contribution in [3.8, 4) is 0 Å². The molecule has 1 aromatic rings. The van der Waals surface area contributed by atoms with Crippen LogP contribution in [0.25, 0.3) is 0 Å². The molecule has 96 valence electrons. The van der Waals surface area contributed by atoms with Gasteiger partial charge in [-0.1, -0.05) is 15.9 Å². The zero-order valence-corrected chi connectivity index (χ0v) is 12.3. The van der Waals surface area contributed by atoms with Crippen molar-refractivity contribution in [3.05, 3.63) is 34.1 Å². The van der Waals surface area contributed by atoms with Gasteiger partial charge in [0, 0.05) is 10.0 Å². The van der Waals surface area contributed by atoms with E-state index in [1.165, 1.54) is 6.07 Å². The summed E-state index contributed by atoms with van der Waals surface area (Å²) in [6.45, 7) is 3.99.